The lowest BCUT2D eigenvalue weighted by Crippen LogP contribution is -2.22. The van der Waals surface area contributed by atoms with E-state index < -0.39 is 35.2 Å². The second-order valence-corrected chi connectivity index (χ2v) is 5.28. The molecule has 24 heavy (non-hydrogen) atoms. The predicted molar refractivity (Wildman–Crippen MR) is 74.8 cm³/mol. The Morgan fingerprint density at radius 3 is 2.04 bits per heavy atom. The molecule has 0 aliphatic carbocycles. The average molecular weight is 353 g/mol. The molecule has 0 unspecified atom stereocenters. The summed E-state index contributed by atoms with van der Waals surface area (Å²) >= 11 is 0. The first-order valence-electron chi connectivity index (χ1n) is 6.86. The molecule has 1 fully saturated rings. The molecule has 132 valence electrons. The van der Waals surface area contributed by atoms with E-state index in [0.717, 1.165) is 6.42 Å². The maximum absolute atomic E-state index is 12.7. The van der Waals surface area contributed by atoms with Gasteiger partial charge in [0.05, 0.1) is 11.1 Å². The van der Waals surface area contributed by atoms with Crippen LogP contribution in [0.4, 0.5) is 36.8 Å². The summed E-state index contributed by atoms with van der Waals surface area (Å²) in [4.78, 5) is 17.1. The van der Waals surface area contributed by atoms with E-state index in [9.17, 15) is 31.1 Å². The van der Waals surface area contributed by atoms with Crippen molar-refractivity contribution in [3.63, 3.8) is 0 Å². The third-order valence-corrected chi connectivity index (χ3v) is 3.40. The van der Waals surface area contributed by atoms with Gasteiger partial charge in [-0.25, -0.2) is 4.79 Å². The number of amidine groups is 1. The van der Waals surface area contributed by atoms with Gasteiger partial charge in [0.15, 0.2) is 0 Å². The van der Waals surface area contributed by atoms with E-state index in [1.165, 1.54) is 0 Å². The summed E-state index contributed by atoms with van der Waals surface area (Å²) in [6, 6.07) is -0.157. The number of hydrogen-bond donors (Lipinski definition) is 1. The van der Waals surface area contributed by atoms with E-state index in [2.05, 4.69) is 4.99 Å². The van der Waals surface area contributed by atoms with Crippen LogP contribution in [0.1, 0.15) is 24.0 Å². The average Bonchev–Trinajstić information content (AvgIpc) is 2.81. The van der Waals surface area contributed by atoms with Gasteiger partial charge in [0.25, 0.3) is 0 Å². The van der Waals surface area contributed by atoms with Gasteiger partial charge in [-0.3, -0.25) is 0 Å². The minimum Gasteiger partial charge on any atom is -0.363 e. The molecule has 1 aliphatic rings. The molecule has 1 aromatic rings. The number of alkyl halides is 6. The zero-order valence-corrected chi connectivity index (χ0v) is 12.4. The number of rotatable bonds is 1. The predicted octanol–water partition coefficient (Wildman–Crippen LogP) is 4.38. The number of likely N-dealkylation sites (tertiary alicyclic amines) is 1. The van der Waals surface area contributed by atoms with Crippen LogP contribution in [0, 0.1) is 0 Å². The zero-order valence-electron chi connectivity index (χ0n) is 12.4. The van der Waals surface area contributed by atoms with Gasteiger partial charge in [-0.05, 0) is 24.6 Å². The topological polar surface area (TPSA) is 44.7 Å². The summed E-state index contributed by atoms with van der Waals surface area (Å²) in [6.07, 6.45) is -8.67. The van der Waals surface area contributed by atoms with Crippen LogP contribution in [0.25, 0.3) is 0 Å². The molecule has 0 radical (unpaired) electrons. The molecule has 2 rings (SSSR count). The van der Waals surface area contributed by atoms with Gasteiger partial charge in [-0.15, -0.1) is 0 Å². The third kappa shape index (κ3) is 4.39. The molecule has 1 aromatic carbocycles. The van der Waals surface area contributed by atoms with Crippen LogP contribution in [-0.4, -0.2) is 30.4 Å². The highest BCUT2D eigenvalue weighted by Crippen LogP contribution is 2.37. The van der Waals surface area contributed by atoms with Crippen molar-refractivity contribution in [3.05, 3.63) is 29.3 Å². The summed E-state index contributed by atoms with van der Waals surface area (Å²) in [7, 11) is 1.69. The van der Waals surface area contributed by atoms with Crippen molar-refractivity contribution in [3.8, 4) is 0 Å². The Morgan fingerprint density at radius 1 is 1.08 bits per heavy atom. The molecule has 0 spiro atoms. The lowest BCUT2D eigenvalue weighted by molar-refractivity contribution is -0.143. The molecular formula is C14H13F6N3O. The van der Waals surface area contributed by atoms with Gasteiger partial charge in [0, 0.05) is 25.7 Å². The lowest BCUT2D eigenvalue weighted by Gasteiger charge is -2.14. The fourth-order valence-corrected chi connectivity index (χ4v) is 2.23. The number of amides is 2. The van der Waals surface area contributed by atoms with Crippen LogP contribution in [0.5, 0.6) is 0 Å². The fourth-order valence-electron chi connectivity index (χ4n) is 2.23. The SMILES string of the molecule is CN1CCCC1=NC(=O)Nc1cc(C(F)(F)F)cc(C(F)(F)F)c1. The fraction of sp³-hybridized carbons (Fsp3) is 0.429. The van der Waals surface area contributed by atoms with Crippen LogP contribution >= 0.6 is 0 Å². The normalized spacial score (nSPS) is 17.5. The Hall–Kier alpha value is -2.26. The Labute approximate surface area is 133 Å². The second kappa shape index (κ2) is 6.33. The highest BCUT2D eigenvalue weighted by molar-refractivity contribution is 6.00. The maximum atomic E-state index is 12.7. The number of benzene rings is 1. The van der Waals surface area contributed by atoms with Crippen LogP contribution < -0.4 is 5.32 Å². The highest BCUT2D eigenvalue weighted by Gasteiger charge is 2.37. The summed E-state index contributed by atoms with van der Waals surface area (Å²) < 4.78 is 76.4. The first kappa shape index (κ1) is 18.1. The molecule has 10 heteroatoms. The van der Waals surface area contributed by atoms with E-state index >= 15 is 0 Å². The maximum Gasteiger partial charge on any atom is 0.416 e. The monoisotopic (exact) mass is 353 g/mol. The van der Waals surface area contributed by atoms with E-state index in [4.69, 9.17) is 0 Å². The second-order valence-electron chi connectivity index (χ2n) is 5.28. The molecule has 1 saturated heterocycles. The van der Waals surface area contributed by atoms with Crippen LogP contribution in [0.15, 0.2) is 23.2 Å². The van der Waals surface area contributed by atoms with Crippen molar-refractivity contribution in [2.45, 2.75) is 25.2 Å². The molecular weight excluding hydrogens is 340 g/mol. The quantitative estimate of drug-likeness (QED) is 0.762. The molecule has 0 aromatic heterocycles. The molecule has 4 nitrogen and oxygen atoms in total. The summed E-state index contributed by atoms with van der Waals surface area (Å²) in [5.74, 6) is 0.426. The number of halogens is 6. The summed E-state index contributed by atoms with van der Waals surface area (Å²) in [6.45, 7) is 0.674. The molecule has 0 atom stereocenters. The first-order valence-corrected chi connectivity index (χ1v) is 6.86. The van der Waals surface area contributed by atoms with E-state index in [1.54, 1.807) is 11.9 Å². The number of carbonyl (C=O) groups excluding carboxylic acids is 1. The number of anilines is 1. The summed E-state index contributed by atoms with van der Waals surface area (Å²) in [5.41, 5.74) is -3.62. The number of aliphatic imine (C=N–C) groups is 1. The van der Waals surface area contributed by atoms with Crippen LogP contribution in [0.3, 0.4) is 0 Å². The van der Waals surface area contributed by atoms with E-state index in [-0.39, 0.29) is 6.07 Å². The first-order chi connectivity index (χ1) is 11.0. The standard InChI is InChI=1S/C14H13F6N3O/c1-23-4-2-3-11(23)22-12(24)21-10-6-8(13(15,16)17)5-9(7-10)14(18,19)20/h5-7H,2-4H2,1H3,(H,21,24). The number of carbonyl (C=O) groups is 1. The van der Waals surface area contributed by atoms with Crippen molar-refractivity contribution in [1.29, 1.82) is 0 Å². The van der Waals surface area contributed by atoms with Gasteiger partial charge in [-0.2, -0.15) is 31.3 Å². The van der Waals surface area contributed by atoms with Crippen LogP contribution in [-0.2, 0) is 12.4 Å². The van der Waals surface area contributed by atoms with Gasteiger partial charge < -0.3 is 10.2 Å². The minimum absolute atomic E-state index is 0.00764. The van der Waals surface area contributed by atoms with Gasteiger partial charge in [0.2, 0.25) is 0 Å². The number of nitrogens with one attached hydrogen (secondary N) is 1. The van der Waals surface area contributed by atoms with Crippen molar-refractivity contribution >= 4 is 17.6 Å². The van der Waals surface area contributed by atoms with Gasteiger partial charge >= 0.3 is 18.4 Å². The smallest absolute Gasteiger partial charge is 0.363 e. The van der Waals surface area contributed by atoms with E-state index in [1.807, 2.05) is 5.32 Å². The Balaban J connectivity index is 2.30. The van der Waals surface area contributed by atoms with Crippen molar-refractivity contribution in [2.75, 3.05) is 18.9 Å². The third-order valence-electron chi connectivity index (χ3n) is 3.40. The number of hydrogen-bond acceptors (Lipinski definition) is 1. The lowest BCUT2D eigenvalue weighted by atomic mass is 10.1. The molecule has 0 saturated carbocycles. The molecule has 1 heterocycles. The van der Waals surface area contributed by atoms with Crippen LogP contribution in [0.2, 0.25) is 0 Å². The van der Waals surface area contributed by atoms with Gasteiger partial charge in [-0.1, -0.05) is 0 Å². The number of urea groups is 1. The molecule has 1 aliphatic heterocycles. The Kier molecular flexibility index (Phi) is 4.77. The molecule has 1 N–H and O–H groups in total. The van der Waals surface area contributed by atoms with Gasteiger partial charge in [0.1, 0.15) is 5.84 Å². The molecule has 0 bridgehead atoms. The largest absolute Gasteiger partial charge is 0.416 e. The highest BCUT2D eigenvalue weighted by atomic mass is 19.4. The van der Waals surface area contributed by atoms with E-state index in [0.29, 0.717) is 30.9 Å². The number of nitrogens with zero attached hydrogens (tertiary/aromatic N) is 2. The zero-order chi connectivity index (χ0) is 18.1. The summed E-state index contributed by atoms with van der Waals surface area (Å²) in [5, 5.41) is 1.96. The minimum atomic E-state index is -4.97. The van der Waals surface area contributed by atoms with Crippen molar-refractivity contribution in [2.24, 2.45) is 4.99 Å². The van der Waals surface area contributed by atoms with Crippen molar-refractivity contribution < 1.29 is 31.1 Å². The van der Waals surface area contributed by atoms with Crippen molar-refractivity contribution in [1.82, 2.24) is 4.90 Å². The Bertz CT molecular complexity index is 633. The Morgan fingerprint density at radius 2 is 1.62 bits per heavy atom. The molecule has 2 amide bonds.